The number of hydrogen-bond donors (Lipinski definition) is 1. The van der Waals surface area contributed by atoms with Crippen molar-refractivity contribution in [2.45, 2.75) is 50.1 Å². The minimum Gasteiger partial charge on any atom is -0.378 e. The van der Waals surface area contributed by atoms with Crippen molar-refractivity contribution in [3.05, 3.63) is 0 Å². The third-order valence-corrected chi connectivity index (χ3v) is 6.61. The number of nitriles is 1. The topological polar surface area (TPSA) is 85.7 Å². The Hall–Kier alpha value is -1.14. The molecule has 0 spiro atoms. The van der Waals surface area contributed by atoms with Gasteiger partial charge in [-0.05, 0) is 32.6 Å². The molecule has 3 rings (SSSR count). The van der Waals surface area contributed by atoms with Crippen LogP contribution >= 0.6 is 11.8 Å². The predicted molar refractivity (Wildman–Crippen MR) is 94.4 cm³/mol. The van der Waals surface area contributed by atoms with Crippen molar-refractivity contribution < 1.29 is 14.3 Å². The zero-order valence-corrected chi connectivity index (χ0v) is 15.5. The average molecular weight is 366 g/mol. The number of nitrogens with one attached hydrogen (secondary N) is 1. The summed E-state index contributed by atoms with van der Waals surface area (Å²) >= 11 is 1.52. The number of hydrogen-bond acceptors (Lipinski definition) is 7. The van der Waals surface area contributed by atoms with E-state index in [9.17, 15) is 14.9 Å². The molecule has 3 aliphatic rings. The van der Waals surface area contributed by atoms with E-state index in [2.05, 4.69) is 11.5 Å². The lowest BCUT2D eigenvalue weighted by Gasteiger charge is -2.36. The van der Waals surface area contributed by atoms with Gasteiger partial charge in [-0.3, -0.25) is 9.59 Å². The van der Waals surface area contributed by atoms with Gasteiger partial charge in [-0.1, -0.05) is 0 Å². The highest BCUT2D eigenvalue weighted by molar-refractivity contribution is 8.00. The summed E-state index contributed by atoms with van der Waals surface area (Å²) in [6.07, 6.45) is 3.50. The van der Waals surface area contributed by atoms with Crippen molar-refractivity contribution in [3.8, 4) is 6.07 Å². The molecule has 1 amide bonds. The van der Waals surface area contributed by atoms with Gasteiger partial charge in [-0.15, -0.1) is 11.8 Å². The molecule has 0 bridgehead atoms. The molecule has 0 aromatic rings. The van der Waals surface area contributed by atoms with Crippen LogP contribution in [0, 0.1) is 17.2 Å². The molecule has 1 saturated carbocycles. The van der Waals surface area contributed by atoms with Gasteiger partial charge in [-0.2, -0.15) is 5.26 Å². The smallest absolute Gasteiger partial charge is 0.225 e. The first-order valence-electron chi connectivity index (χ1n) is 9.03. The first-order valence-corrected chi connectivity index (χ1v) is 10.1. The van der Waals surface area contributed by atoms with E-state index >= 15 is 0 Å². The molecule has 2 aliphatic heterocycles. The number of carbonyl (C=O) groups is 2. The summed E-state index contributed by atoms with van der Waals surface area (Å²) in [7, 11) is 0. The lowest BCUT2D eigenvalue weighted by atomic mass is 9.85. The summed E-state index contributed by atoms with van der Waals surface area (Å²) in [5.74, 6) is 1.08. The van der Waals surface area contributed by atoms with Gasteiger partial charge >= 0.3 is 0 Å². The molecular weight excluding hydrogens is 340 g/mol. The van der Waals surface area contributed by atoms with E-state index in [1.165, 1.54) is 11.8 Å². The standard InChI is InChI=1S/C17H26N4O3S/c1-12(22)17-21(15(10-18)11-25-17)19-14-4-2-13(3-5-14)16(23)20-6-8-24-9-7-20/h13-15,17,19H,2-9,11H2,1H3/t13?,14?,15?,17-/m1/s1. The van der Waals surface area contributed by atoms with Crippen LogP contribution in [0.4, 0.5) is 0 Å². The van der Waals surface area contributed by atoms with Gasteiger partial charge in [-0.25, -0.2) is 10.4 Å². The van der Waals surface area contributed by atoms with Crippen molar-refractivity contribution >= 4 is 23.5 Å². The average Bonchev–Trinajstić information content (AvgIpc) is 3.05. The third kappa shape index (κ3) is 4.34. The molecule has 0 radical (unpaired) electrons. The van der Waals surface area contributed by atoms with E-state index in [4.69, 9.17) is 4.74 Å². The van der Waals surface area contributed by atoms with Crippen LogP contribution < -0.4 is 5.43 Å². The molecule has 138 valence electrons. The number of Topliss-reactive ketones (excluding diaryl/α,β-unsaturated/α-hetero) is 1. The maximum absolute atomic E-state index is 12.6. The number of hydrazine groups is 1. The Morgan fingerprint density at radius 2 is 1.88 bits per heavy atom. The van der Waals surface area contributed by atoms with Crippen LogP contribution in [-0.2, 0) is 14.3 Å². The Labute approximate surface area is 153 Å². The van der Waals surface area contributed by atoms with Gasteiger partial charge in [0.25, 0.3) is 0 Å². The Balaban J connectivity index is 1.51. The lowest BCUT2D eigenvalue weighted by Crippen LogP contribution is -2.54. The van der Waals surface area contributed by atoms with Crippen LogP contribution in [0.25, 0.3) is 0 Å². The van der Waals surface area contributed by atoms with Crippen LogP contribution in [0.2, 0.25) is 0 Å². The molecule has 25 heavy (non-hydrogen) atoms. The Bertz CT molecular complexity index is 539. The number of morpholine rings is 1. The van der Waals surface area contributed by atoms with Gasteiger partial charge in [0.2, 0.25) is 5.91 Å². The molecule has 2 saturated heterocycles. The van der Waals surface area contributed by atoms with E-state index < -0.39 is 0 Å². The number of ketones is 1. The Morgan fingerprint density at radius 3 is 2.48 bits per heavy atom. The minimum atomic E-state index is -0.280. The monoisotopic (exact) mass is 366 g/mol. The molecule has 3 fully saturated rings. The normalized spacial score (nSPS) is 33.8. The molecule has 1 unspecified atom stereocenters. The van der Waals surface area contributed by atoms with Gasteiger partial charge < -0.3 is 9.64 Å². The Morgan fingerprint density at radius 1 is 1.20 bits per heavy atom. The number of rotatable bonds is 4. The number of nitrogens with zero attached hydrogens (tertiary/aromatic N) is 3. The van der Waals surface area contributed by atoms with Crippen LogP contribution in [0.1, 0.15) is 32.6 Å². The molecule has 2 heterocycles. The van der Waals surface area contributed by atoms with Crippen LogP contribution in [0.15, 0.2) is 0 Å². The van der Waals surface area contributed by atoms with Crippen LogP contribution in [0.3, 0.4) is 0 Å². The number of thioether (sulfide) groups is 1. The van der Waals surface area contributed by atoms with E-state index in [0.29, 0.717) is 32.1 Å². The maximum atomic E-state index is 12.6. The third-order valence-electron chi connectivity index (χ3n) is 5.23. The highest BCUT2D eigenvalue weighted by atomic mass is 32.2. The van der Waals surface area contributed by atoms with Crippen molar-refractivity contribution in [3.63, 3.8) is 0 Å². The summed E-state index contributed by atoms with van der Waals surface area (Å²) in [4.78, 5) is 26.3. The van der Waals surface area contributed by atoms with E-state index in [-0.39, 0.29) is 35.1 Å². The Kier molecular flexibility index (Phi) is 6.34. The molecule has 7 nitrogen and oxygen atoms in total. The SMILES string of the molecule is CC(=O)[C@H]1SCC(C#N)N1NC1CCC(C(=O)N2CCOCC2)CC1. The van der Waals surface area contributed by atoms with Gasteiger partial charge in [0.1, 0.15) is 11.4 Å². The summed E-state index contributed by atoms with van der Waals surface area (Å²) in [6.45, 7) is 4.25. The molecule has 2 atom stereocenters. The fourth-order valence-corrected chi connectivity index (χ4v) is 5.00. The second-order valence-electron chi connectivity index (χ2n) is 6.96. The molecule has 1 aliphatic carbocycles. The maximum Gasteiger partial charge on any atom is 0.225 e. The fourth-order valence-electron chi connectivity index (χ4n) is 3.80. The number of carbonyl (C=O) groups excluding carboxylic acids is 2. The zero-order chi connectivity index (χ0) is 17.8. The predicted octanol–water partition coefficient (Wildman–Crippen LogP) is 0.765. The van der Waals surface area contributed by atoms with Gasteiger partial charge in [0.05, 0.1) is 19.3 Å². The summed E-state index contributed by atoms with van der Waals surface area (Å²) in [5, 5.41) is 10.9. The summed E-state index contributed by atoms with van der Waals surface area (Å²) in [5.41, 5.74) is 3.41. The lowest BCUT2D eigenvalue weighted by molar-refractivity contribution is -0.140. The van der Waals surface area contributed by atoms with Crippen molar-refractivity contribution in [1.29, 1.82) is 5.26 Å². The van der Waals surface area contributed by atoms with E-state index in [0.717, 1.165) is 25.7 Å². The summed E-state index contributed by atoms with van der Waals surface area (Å²) < 4.78 is 5.31. The van der Waals surface area contributed by atoms with Crippen molar-refractivity contribution in [1.82, 2.24) is 15.3 Å². The van der Waals surface area contributed by atoms with Gasteiger partial charge in [0, 0.05) is 30.8 Å². The number of amides is 1. The van der Waals surface area contributed by atoms with E-state index in [1.807, 2.05) is 9.91 Å². The molecule has 0 aromatic heterocycles. The first kappa shape index (κ1) is 18.6. The molecule has 8 heteroatoms. The quantitative estimate of drug-likeness (QED) is 0.786. The van der Waals surface area contributed by atoms with Crippen LogP contribution in [-0.4, -0.2) is 71.1 Å². The number of ether oxygens (including phenoxy) is 1. The van der Waals surface area contributed by atoms with E-state index in [1.54, 1.807) is 6.92 Å². The van der Waals surface area contributed by atoms with Gasteiger partial charge in [0.15, 0.2) is 5.78 Å². The summed E-state index contributed by atoms with van der Waals surface area (Å²) in [6, 6.07) is 2.23. The molecule has 1 N–H and O–H groups in total. The fraction of sp³-hybridized carbons (Fsp3) is 0.824. The first-order chi connectivity index (χ1) is 12.1. The molecular formula is C17H26N4O3S. The highest BCUT2D eigenvalue weighted by Crippen LogP contribution is 2.31. The van der Waals surface area contributed by atoms with Crippen molar-refractivity contribution in [2.75, 3.05) is 32.1 Å². The molecule has 0 aromatic carbocycles. The van der Waals surface area contributed by atoms with Crippen LogP contribution in [0.5, 0.6) is 0 Å². The zero-order valence-electron chi connectivity index (χ0n) is 14.6. The van der Waals surface area contributed by atoms with Crippen molar-refractivity contribution in [2.24, 2.45) is 5.92 Å². The highest BCUT2D eigenvalue weighted by Gasteiger charge is 2.39. The second kappa shape index (κ2) is 8.49. The minimum absolute atomic E-state index is 0.0754. The largest absolute Gasteiger partial charge is 0.378 e. The second-order valence-corrected chi connectivity index (χ2v) is 8.08.